The van der Waals surface area contributed by atoms with E-state index >= 15 is 0 Å². The van der Waals surface area contributed by atoms with Crippen molar-refractivity contribution in [1.29, 1.82) is 0 Å². The Morgan fingerprint density at radius 2 is 1.93 bits per heavy atom. The summed E-state index contributed by atoms with van der Waals surface area (Å²) >= 11 is 0. The van der Waals surface area contributed by atoms with Crippen molar-refractivity contribution in [3.05, 3.63) is 29.8 Å². The summed E-state index contributed by atoms with van der Waals surface area (Å²) in [6, 6.07) is 5.93. The van der Waals surface area contributed by atoms with Crippen molar-refractivity contribution in [2.24, 2.45) is 0 Å². The number of halogens is 3. The third kappa shape index (κ3) is 6.60. The van der Waals surface area contributed by atoms with Crippen LogP contribution in [0.15, 0.2) is 24.3 Å². The summed E-state index contributed by atoms with van der Waals surface area (Å²) in [4.78, 5) is 0. The van der Waals surface area contributed by atoms with Gasteiger partial charge in [-0.25, -0.2) is 0 Å². The molecule has 0 aromatic heterocycles. The molecule has 0 spiro atoms. The molecule has 0 fully saturated rings. The van der Waals surface area contributed by atoms with Crippen LogP contribution in [-0.4, -0.2) is 18.6 Å². The van der Waals surface area contributed by atoms with Gasteiger partial charge in [0, 0.05) is 0 Å². The van der Waals surface area contributed by atoms with Gasteiger partial charge in [-0.15, -0.1) is 0 Å². The molecule has 7 heteroatoms. The molecule has 78 valence electrons. The molecule has 0 aliphatic heterocycles. The van der Waals surface area contributed by atoms with Gasteiger partial charge in [0.15, 0.2) is 0 Å². The molecule has 2 nitrogen and oxygen atoms in total. The van der Waals surface area contributed by atoms with E-state index in [0.717, 1.165) is 0 Å². The van der Waals surface area contributed by atoms with E-state index in [2.05, 4.69) is 4.74 Å². The number of aliphatic hydroxyl groups is 1. The summed E-state index contributed by atoms with van der Waals surface area (Å²) in [6.45, 7) is -6.40. The minimum Gasteiger partial charge on any atom is -0.522 e. The molecule has 1 aromatic carbocycles. The summed E-state index contributed by atoms with van der Waals surface area (Å²) in [7, 11) is 0. The molecule has 0 unspecified atom stereocenters. The largest absolute Gasteiger partial charge is 1.00 e. The summed E-state index contributed by atoms with van der Waals surface area (Å²) in [5.74, 6) is 0.121. The molecule has 1 N–H and O–H groups in total. The van der Waals surface area contributed by atoms with Gasteiger partial charge in [0.2, 0.25) is 0 Å². The number of hydrogen-bond donors (Lipinski definition) is 1. The van der Waals surface area contributed by atoms with Crippen LogP contribution in [0, 0.1) is 0 Å². The van der Waals surface area contributed by atoms with Crippen molar-refractivity contribution in [1.82, 2.24) is 0 Å². The summed E-state index contributed by atoms with van der Waals surface area (Å²) in [5, 5.41) is 8.72. The molecule has 0 aliphatic rings. The van der Waals surface area contributed by atoms with Crippen molar-refractivity contribution in [2.45, 2.75) is 6.61 Å². The predicted octanol–water partition coefficient (Wildman–Crippen LogP) is -1.05. The molecule has 0 amide bonds. The van der Waals surface area contributed by atoms with Crippen molar-refractivity contribution >= 4 is 6.98 Å². The van der Waals surface area contributed by atoms with E-state index < -0.39 is 13.5 Å². The summed E-state index contributed by atoms with van der Waals surface area (Å²) < 4.78 is 39.9. The fourth-order valence-electron chi connectivity index (χ4n) is 0.924. The van der Waals surface area contributed by atoms with Crippen LogP contribution in [0.25, 0.3) is 0 Å². The third-order valence-electron chi connectivity index (χ3n) is 1.52. The minimum absolute atomic E-state index is 0. The molecule has 0 saturated heterocycles. The average Bonchev–Trinajstić information content (AvgIpc) is 2.14. The number of aliphatic hydroxyl groups excluding tert-OH is 1. The minimum atomic E-state index is -4.93. The average molecular weight is 244 g/mol. The molecule has 0 aliphatic carbocycles. The van der Waals surface area contributed by atoms with E-state index in [1.165, 1.54) is 18.2 Å². The normalized spacial score (nSPS) is 10.7. The predicted molar refractivity (Wildman–Crippen MR) is 46.9 cm³/mol. The first-order valence-corrected chi connectivity index (χ1v) is 4.05. The van der Waals surface area contributed by atoms with Crippen molar-refractivity contribution < 1.29 is 74.2 Å². The van der Waals surface area contributed by atoms with Crippen LogP contribution < -0.4 is 56.1 Å². The quantitative estimate of drug-likeness (QED) is 0.685. The van der Waals surface area contributed by atoms with E-state index in [-0.39, 0.29) is 63.7 Å². The number of rotatable bonds is 4. The Morgan fingerprint density at radius 3 is 2.47 bits per heavy atom. The molecule has 0 saturated carbocycles. The number of hydrogen-bond acceptors (Lipinski definition) is 2. The SMILES string of the molecule is OCc1cccc(OC[B-](F)(F)F)c1.[K+]. The molecule has 1 rings (SSSR count). The van der Waals surface area contributed by atoms with E-state index in [1.54, 1.807) is 6.07 Å². The summed E-state index contributed by atoms with van der Waals surface area (Å²) in [5.41, 5.74) is 0.525. The van der Waals surface area contributed by atoms with Crippen LogP contribution in [0.3, 0.4) is 0 Å². The van der Waals surface area contributed by atoms with Crippen molar-refractivity contribution in [2.75, 3.05) is 6.51 Å². The standard InChI is InChI=1S/C8H9BF3O2.K/c10-9(11,12)6-14-8-3-1-2-7(4-8)5-13;/h1-4,13H,5-6H2;/q-1;+1. The third-order valence-corrected chi connectivity index (χ3v) is 1.52. The Labute approximate surface area is 128 Å². The monoisotopic (exact) mass is 244 g/mol. The Hall–Kier alpha value is 0.471. The maximum atomic E-state index is 11.8. The van der Waals surface area contributed by atoms with Crippen molar-refractivity contribution in [3.63, 3.8) is 0 Å². The second-order valence-electron chi connectivity index (χ2n) is 2.83. The first-order chi connectivity index (χ1) is 6.51. The van der Waals surface area contributed by atoms with Gasteiger partial charge < -0.3 is 22.8 Å². The zero-order valence-corrected chi connectivity index (χ0v) is 11.4. The molecular formula is C8H9BF3KO2. The van der Waals surface area contributed by atoms with Gasteiger partial charge in [-0.3, -0.25) is 0 Å². The van der Waals surface area contributed by atoms with Crippen LogP contribution in [0.4, 0.5) is 12.9 Å². The Bertz CT molecular complexity index is 306. The fraction of sp³-hybridized carbons (Fsp3) is 0.250. The van der Waals surface area contributed by atoms with Crippen LogP contribution in [-0.2, 0) is 6.61 Å². The van der Waals surface area contributed by atoms with Gasteiger partial charge in [0.05, 0.1) is 13.1 Å². The van der Waals surface area contributed by atoms with Gasteiger partial charge in [0.1, 0.15) is 5.75 Å². The molecular weight excluding hydrogens is 235 g/mol. The topological polar surface area (TPSA) is 29.5 Å². The van der Waals surface area contributed by atoms with Crippen molar-refractivity contribution in [3.8, 4) is 5.75 Å². The Morgan fingerprint density at radius 1 is 1.27 bits per heavy atom. The Kier molecular flexibility index (Phi) is 7.14. The van der Waals surface area contributed by atoms with E-state index in [1.807, 2.05) is 0 Å². The van der Waals surface area contributed by atoms with Gasteiger partial charge in [0.25, 0.3) is 0 Å². The maximum Gasteiger partial charge on any atom is 1.00 e. The fourth-order valence-corrected chi connectivity index (χ4v) is 0.924. The molecule has 0 atom stereocenters. The van der Waals surface area contributed by atoms with E-state index in [4.69, 9.17) is 5.11 Å². The zero-order chi connectivity index (χ0) is 10.6. The first-order valence-electron chi connectivity index (χ1n) is 4.05. The van der Waals surface area contributed by atoms with Gasteiger partial charge in [-0.1, -0.05) is 12.1 Å². The van der Waals surface area contributed by atoms with Crippen LogP contribution >= 0.6 is 0 Å². The zero-order valence-electron chi connectivity index (χ0n) is 8.29. The van der Waals surface area contributed by atoms with Crippen LogP contribution in [0.5, 0.6) is 5.75 Å². The number of ether oxygens (including phenoxy) is 1. The Balaban J connectivity index is 0.00000196. The van der Waals surface area contributed by atoms with Gasteiger partial charge in [-0.2, -0.15) is 0 Å². The maximum absolute atomic E-state index is 11.8. The van der Waals surface area contributed by atoms with E-state index in [0.29, 0.717) is 5.56 Å². The van der Waals surface area contributed by atoms with Crippen LogP contribution in [0.2, 0.25) is 0 Å². The molecule has 1 aromatic rings. The second-order valence-corrected chi connectivity index (χ2v) is 2.83. The first kappa shape index (κ1) is 15.5. The second kappa shape index (κ2) is 6.93. The molecule has 15 heavy (non-hydrogen) atoms. The van der Waals surface area contributed by atoms with Gasteiger partial charge >= 0.3 is 58.4 Å². The summed E-state index contributed by atoms with van der Waals surface area (Å²) in [6.07, 6.45) is 0. The van der Waals surface area contributed by atoms with E-state index in [9.17, 15) is 12.9 Å². The van der Waals surface area contributed by atoms with Gasteiger partial charge in [-0.05, 0) is 17.7 Å². The molecule has 0 bridgehead atoms. The number of benzene rings is 1. The molecule has 0 heterocycles. The smallest absolute Gasteiger partial charge is 0.522 e. The molecule has 0 radical (unpaired) electrons. The van der Waals surface area contributed by atoms with Crippen LogP contribution in [0.1, 0.15) is 5.56 Å².